The molecule has 0 saturated carbocycles. The molecule has 6 aromatic carbocycles. The van der Waals surface area contributed by atoms with Gasteiger partial charge in [0, 0.05) is 10.8 Å². The molecule has 0 N–H and O–H groups in total. The summed E-state index contributed by atoms with van der Waals surface area (Å²) in [5.41, 5.74) is 1.39. The van der Waals surface area contributed by atoms with Gasteiger partial charge in [0.25, 0.3) is 0 Å². The Morgan fingerprint density at radius 1 is 0.455 bits per heavy atom. The number of benzene rings is 6. The van der Waals surface area contributed by atoms with Crippen molar-refractivity contribution in [1.82, 2.24) is 0 Å². The first-order chi connectivity index (χ1) is 21.4. The number of hydrogen-bond donors (Lipinski definition) is 0. The van der Waals surface area contributed by atoms with E-state index in [2.05, 4.69) is 0 Å². The molecule has 0 unspecified atom stereocenters. The summed E-state index contributed by atoms with van der Waals surface area (Å²) >= 11 is 0. The van der Waals surface area contributed by atoms with Crippen LogP contribution in [0.25, 0.3) is 65.7 Å². The molecule has 0 atom stereocenters. The van der Waals surface area contributed by atoms with Crippen molar-refractivity contribution in [2.75, 3.05) is 0 Å². The first kappa shape index (κ1) is 10.1. The fourth-order valence-corrected chi connectivity index (χ4v) is 4.45. The Labute approximate surface area is 208 Å². The highest BCUT2D eigenvalue weighted by Crippen LogP contribution is 2.44. The molecule has 1 nitrogen and oxygen atoms in total. The second-order valence-electron chi connectivity index (χ2n) is 7.63. The van der Waals surface area contributed by atoms with Crippen LogP contribution in [0, 0.1) is 0 Å². The van der Waals surface area contributed by atoms with Crippen molar-refractivity contribution in [3.05, 3.63) is 121 Å². The van der Waals surface area contributed by atoms with Gasteiger partial charge < -0.3 is 4.42 Å². The van der Waals surface area contributed by atoms with Crippen LogP contribution in [0.15, 0.2) is 125 Å². The third kappa shape index (κ3) is 2.73. The Bertz CT molecular complexity index is 2370. The Morgan fingerprint density at radius 2 is 1.00 bits per heavy atom. The molecule has 0 aliphatic heterocycles. The lowest BCUT2D eigenvalue weighted by atomic mass is 9.86. The molecule has 0 fully saturated rings. The van der Waals surface area contributed by atoms with Gasteiger partial charge in [-0.15, -0.1) is 0 Å². The minimum atomic E-state index is -0.517. The van der Waals surface area contributed by atoms with Crippen LogP contribution in [0.1, 0.15) is 16.4 Å². The standard InChI is InChI=1S/C32H20O/c1-2-10-21(11-3-1)31-24-13-4-6-15-26(24)32(27-16-7-5-14-25(27)31)22-18-19-30-28(20-22)23-12-8-9-17-29(23)33-30/h1-20H/i4D,5D,6D,7D,8D,9D,12D,13D,14D,15D,16D,17D. The molecule has 7 aromatic rings. The van der Waals surface area contributed by atoms with Crippen molar-refractivity contribution < 1.29 is 20.9 Å². The normalized spacial score (nSPS) is 16.7. The van der Waals surface area contributed by atoms with Gasteiger partial charge in [-0.1, -0.05) is 103 Å². The molecule has 0 amide bonds. The minimum Gasteiger partial charge on any atom is -0.456 e. The lowest BCUT2D eigenvalue weighted by Crippen LogP contribution is -1.90. The Hall–Kier alpha value is -4.36. The van der Waals surface area contributed by atoms with Crippen LogP contribution < -0.4 is 0 Å². The third-order valence-corrected chi connectivity index (χ3v) is 5.84. The molecule has 0 saturated heterocycles. The van der Waals surface area contributed by atoms with Gasteiger partial charge in [0.15, 0.2) is 0 Å². The van der Waals surface area contributed by atoms with Gasteiger partial charge in [-0.05, 0) is 62.0 Å². The van der Waals surface area contributed by atoms with Crippen LogP contribution in [0.5, 0.6) is 0 Å². The molecule has 1 aromatic heterocycles. The van der Waals surface area contributed by atoms with E-state index < -0.39 is 48.3 Å². The Morgan fingerprint density at radius 3 is 1.64 bits per heavy atom. The predicted octanol–water partition coefficient (Wildman–Crippen LogP) is 9.23. The van der Waals surface area contributed by atoms with Crippen molar-refractivity contribution >= 4 is 43.5 Å². The van der Waals surface area contributed by atoms with Crippen molar-refractivity contribution in [2.45, 2.75) is 0 Å². The molecule has 1 heterocycles. The Balaban J connectivity index is 1.79. The number of furan rings is 1. The fraction of sp³-hybridized carbons (Fsp3) is 0. The van der Waals surface area contributed by atoms with E-state index in [1.165, 1.54) is 6.07 Å². The van der Waals surface area contributed by atoms with E-state index in [0.717, 1.165) is 0 Å². The molecule has 0 aliphatic carbocycles. The van der Waals surface area contributed by atoms with Gasteiger partial charge in [-0.25, -0.2) is 0 Å². The monoisotopic (exact) mass is 432 g/mol. The van der Waals surface area contributed by atoms with Crippen molar-refractivity contribution in [1.29, 1.82) is 0 Å². The molecule has 0 radical (unpaired) electrons. The van der Waals surface area contributed by atoms with Gasteiger partial charge in [-0.2, -0.15) is 0 Å². The zero-order chi connectivity index (χ0) is 32.2. The zero-order valence-corrected chi connectivity index (χ0v) is 17.0. The van der Waals surface area contributed by atoms with E-state index in [0.29, 0.717) is 16.5 Å². The van der Waals surface area contributed by atoms with Crippen LogP contribution in [0.4, 0.5) is 0 Å². The molecule has 1 heteroatoms. The van der Waals surface area contributed by atoms with Crippen LogP contribution in [0.3, 0.4) is 0 Å². The number of fused-ring (bicyclic) bond motifs is 5. The summed E-state index contributed by atoms with van der Waals surface area (Å²) < 4.78 is 109. The average Bonchev–Trinajstić information content (AvgIpc) is 3.44. The first-order valence-corrected chi connectivity index (χ1v) is 10.3. The predicted molar refractivity (Wildman–Crippen MR) is 140 cm³/mol. The SMILES string of the molecule is [2H]c1c([2H])c([2H])c2c(oc3ccc(-c4c5c([2H])c([2H])c([2H])c([2H])c5c(-c5ccccc5)c5c([2H])c([2H])c([2H])c([2H])c45)cc32)c1[2H]. The summed E-state index contributed by atoms with van der Waals surface area (Å²) in [4.78, 5) is 0. The van der Waals surface area contributed by atoms with Crippen LogP contribution >= 0.6 is 0 Å². The molecule has 154 valence electrons. The third-order valence-electron chi connectivity index (χ3n) is 5.84. The second-order valence-corrected chi connectivity index (χ2v) is 7.63. The van der Waals surface area contributed by atoms with Gasteiger partial charge in [0.05, 0.1) is 16.4 Å². The zero-order valence-electron chi connectivity index (χ0n) is 29.0. The van der Waals surface area contributed by atoms with Gasteiger partial charge in [0.2, 0.25) is 0 Å². The summed E-state index contributed by atoms with van der Waals surface area (Å²) in [5, 5.41) is 0.691. The number of rotatable bonds is 2. The van der Waals surface area contributed by atoms with E-state index in [9.17, 15) is 0 Å². The molecule has 33 heavy (non-hydrogen) atoms. The molecule has 0 bridgehead atoms. The summed E-state index contributed by atoms with van der Waals surface area (Å²) in [6, 6.07) is 8.22. The van der Waals surface area contributed by atoms with Crippen molar-refractivity contribution in [2.24, 2.45) is 0 Å². The fourth-order valence-electron chi connectivity index (χ4n) is 4.45. The smallest absolute Gasteiger partial charge is 0.135 e. The van der Waals surface area contributed by atoms with E-state index in [1.54, 1.807) is 42.5 Å². The summed E-state index contributed by atoms with van der Waals surface area (Å²) in [6.45, 7) is 0. The van der Waals surface area contributed by atoms with Crippen molar-refractivity contribution in [3.63, 3.8) is 0 Å². The van der Waals surface area contributed by atoms with E-state index in [1.807, 2.05) is 0 Å². The second kappa shape index (κ2) is 7.08. The number of hydrogen-bond acceptors (Lipinski definition) is 1. The van der Waals surface area contributed by atoms with Crippen LogP contribution in [-0.4, -0.2) is 0 Å². The lowest BCUT2D eigenvalue weighted by Gasteiger charge is -2.17. The van der Waals surface area contributed by atoms with Crippen molar-refractivity contribution in [3.8, 4) is 22.3 Å². The highest BCUT2D eigenvalue weighted by atomic mass is 16.3. The van der Waals surface area contributed by atoms with Gasteiger partial charge in [-0.3, -0.25) is 0 Å². The summed E-state index contributed by atoms with van der Waals surface area (Å²) in [5.74, 6) is 0. The van der Waals surface area contributed by atoms with Gasteiger partial charge in [0.1, 0.15) is 11.2 Å². The van der Waals surface area contributed by atoms with Crippen LogP contribution in [-0.2, 0) is 0 Å². The van der Waals surface area contributed by atoms with E-state index >= 15 is 0 Å². The minimum absolute atomic E-state index is 0.0476. The highest BCUT2D eigenvalue weighted by molar-refractivity contribution is 6.22. The summed E-state index contributed by atoms with van der Waals surface area (Å²) in [6.07, 6.45) is 0. The van der Waals surface area contributed by atoms with Crippen LogP contribution in [0.2, 0.25) is 0 Å². The summed E-state index contributed by atoms with van der Waals surface area (Å²) in [7, 11) is 0. The molecular formula is C32H20O. The van der Waals surface area contributed by atoms with E-state index in [4.69, 9.17) is 20.9 Å². The molecule has 0 aliphatic rings. The molecular weight excluding hydrogens is 400 g/mol. The number of para-hydroxylation sites is 1. The average molecular weight is 433 g/mol. The first-order valence-electron chi connectivity index (χ1n) is 16.3. The lowest BCUT2D eigenvalue weighted by molar-refractivity contribution is 0.669. The maximum absolute atomic E-state index is 9.05. The quantitative estimate of drug-likeness (QED) is 0.248. The maximum Gasteiger partial charge on any atom is 0.135 e. The largest absolute Gasteiger partial charge is 0.456 e. The molecule has 0 spiro atoms. The molecule has 7 rings (SSSR count). The highest BCUT2D eigenvalue weighted by Gasteiger charge is 2.17. The Kier molecular flexibility index (Phi) is 2.16. The topological polar surface area (TPSA) is 13.1 Å². The van der Waals surface area contributed by atoms with Gasteiger partial charge >= 0.3 is 0 Å². The van der Waals surface area contributed by atoms with E-state index in [-0.39, 0.29) is 73.4 Å². The maximum atomic E-state index is 9.05.